The van der Waals surface area contributed by atoms with Gasteiger partial charge in [-0.05, 0) is 51.3 Å². The number of pyridine rings is 1. The minimum Gasteiger partial charge on any atom is -0.398 e. The number of hydrogen-bond acceptors (Lipinski definition) is 3. The second-order valence-corrected chi connectivity index (χ2v) is 4.89. The summed E-state index contributed by atoms with van der Waals surface area (Å²) in [6.45, 7) is 8.51. The Bertz CT molecular complexity index is 387. The molecule has 0 saturated carbocycles. The van der Waals surface area contributed by atoms with Crippen LogP contribution in [-0.2, 0) is 6.54 Å². The van der Waals surface area contributed by atoms with E-state index in [0.29, 0.717) is 6.04 Å². The fourth-order valence-corrected chi connectivity index (χ4v) is 2.37. The fourth-order valence-electron chi connectivity index (χ4n) is 2.37. The first-order chi connectivity index (χ1) is 7.59. The summed E-state index contributed by atoms with van der Waals surface area (Å²) in [6.07, 6.45) is 4.50. The lowest BCUT2D eigenvalue weighted by molar-refractivity contribution is 0.257. The highest BCUT2D eigenvalue weighted by Crippen LogP contribution is 2.23. The van der Waals surface area contributed by atoms with Gasteiger partial charge in [-0.15, -0.1) is 0 Å². The Morgan fingerprint density at radius 3 is 2.88 bits per heavy atom. The monoisotopic (exact) mass is 219 g/mol. The van der Waals surface area contributed by atoms with E-state index in [4.69, 9.17) is 5.73 Å². The standard InChI is InChI=1S/C13H21N3/c1-9-7-15-12(11(3)13(9)14)8-16-6-4-5-10(16)2/h7,10H,4-6,8H2,1-3H3,(H2,14,15). The fraction of sp³-hybridized carbons (Fsp3) is 0.615. The number of nitrogen functional groups attached to an aromatic ring is 1. The van der Waals surface area contributed by atoms with Crippen molar-refractivity contribution in [1.82, 2.24) is 9.88 Å². The smallest absolute Gasteiger partial charge is 0.0593 e. The normalized spacial score (nSPS) is 21.6. The van der Waals surface area contributed by atoms with Gasteiger partial charge in [-0.2, -0.15) is 0 Å². The molecule has 0 spiro atoms. The van der Waals surface area contributed by atoms with E-state index in [9.17, 15) is 0 Å². The molecular formula is C13H21N3. The van der Waals surface area contributed by atoms with Gasteiger partial charge in [0.25, 0.3) is 0 Å². The molecule has 1 aromatic rings. The van der Waals surface area contributed by atoms with E-state index in [2.05, 4.69) is 23.7 Å². The molecule has 3 heteroatoms. The molecule has 0 bridgehead atoms. The topological polar surface area (TPSA) is 42.2 Å². The third kappa shape index (κ3) is 2.05. The quantitative estimate of drug-likeness (QED) is 0.829. The van der Waals surface area contributed by atoms with Crippen LogP contribution in [0.15, 0.2) is 6.20 Å². The zero-order valence-corrected chi connectivity index (χ0v) is 10.5. The van der Waals surface area contributed by atoms with Gasteiger partial charge in [-0.25, -0.2) is 0 Å². The predicted octanol–water partition coefficient (Wildman–Crippen LogP) is 2.26. The van der Waals surface area contributed by atoms with Gasteiger partial charge in [-0.1, -0.05) is 0 Å². The third-order valence-electron chi connectivity index (χ3n) is 3.72. The Hall–Kier alpha value is -1.09. The molecular weight excluding hydrogens is 198 g/mol. The average Bonchev–Trinajstić information content (AvgIpc) is 2.65. The van der Waals surface area contributed by atoms with Crippen molar-refractivity contribution in [2.45, 2.75) is 46.2 Å². The van der Waals surface area contributed by atoms with E-state index in [1.807, 2.05) is 13.1 Å². The lowest BCUT2D eigenvalue weighted by Crippen LogP contribution is -2.27. The number of rotatable bonds is 2. The molecule has 16 heavy (non-hydrogen) atoms. The van der Waals surface area contributed by atoms with Crippen LogP contribution in [0.2, 0.25) is 0 Å². The van der Waals surface area contributed by atoms with Gasteiger partial charge in [0.2, 0.25) is 0 Å². The molecule has 2 heterocycles. The molecule has 0 amide bonds. The summed E-state index contributed by atoms with van der Waals surface area (Å²) < 4.78 is 0. The Labute approximate surface area is 97.7 Å². The highest BCUT2D eigenvalue weighted by Gasteiger charge is 2.21. The number of aryl methyl sites for hydroxylation is 1. The summed E-state index contributed by atoms with van der Waals surface area (Å²) in [5.74, 6) is 0. The average molecular weight is 219 g/mol. The van der Waals surface area contributed by atoms with Gasteiger partial charge in [-0.3, -0.25) is 9.88 Å². The van der Waals surface area contributed by atoms with Gasteiger partial charge < -0.3 is 5.73 Å². The largest absolute Gasteiger partial charge is 0.398 e. The molecule has 3 nitrogen and oxygen atoms in total. The van der Waals surface area contributed by atoms with Crippen LogP contribution in [0.5, 0.6) is 0 Å². The Morgan fingerprint density at radius 1 is 1.50 bits per heavy atom. The van der Waals surface area contributed by atoms with E-state index in [1.165, 1.54) is 19.4 Å². The lowest BCUT2D eigenvalue weighted by Gasteiger charge is -2.22. The van der Waals surface area contributed by atoms with Crippen molar-refractivity contribution in [3.05, 3.63) is 23.0 Å². The van der Waals surface area contributed by atoms with Gasteiger partial charge in [0.05, 0.1) is 5.69 Å². The number of nitrogens with two attached hydrogens (primary N) is 1. The van der Waals surface area contributed by atoms with Crippen molar-refractivity contribution < 1.29 is 0 Å². The lowest BCUT2D eigenvalue weighted by atomic mass is 10.1. The SMILES string of the molecule is Cc1cnc(CN2CCCC2C)c(C)c1N. The van der Waals surface area contributed by atoms with Crippen molar-refractivity contribution in [3.8, 4) is 0 Å². The highest BCUT2D eigenvalue weighted by molar-refractivity contribution is 5.53. The van der Waals surface area contributed by atoms with Gasteiger partial charge in [0, 0.05) is 24.5 Å². The van der Waals surface area contributed by atoms with Crippen molar-refractivity contribution in [2.75, 3.05) is 12.3 Å². The summed E-state index contributed by atoms with van der Waals surface area (Å²) >= 11 is 0. The van der Waals surface area contributed by atoms with Crippen LogP contribution in [-0.4, -0.2) is 22.5 Å². The third-order valence-corrected chi connectivity index (χ3v) is 3.72. The maximum atomic E-state index is 6.03. The van der Waals surface area contributed by atoms with Crippen LogP contribution < -0.4 is 5.73 Å². The van der Waals surface area contributed by atoms with Crippen molar-refractivity contribution >= 4 is 5.69 Å². The van der Waals surface area contributed by atoms with Gasteiger partial charge in [0.15, 0.2) is 0 Å². The van der Waals surface area contributed by atoms with E-state index in [0.717, 1.165) is 29.1 Å². The molecule has 1 fully saturated rings. The zero-order chi connectivity index (χ0) is 11.7. The molecule has 1 aliphatic heterocycles. The first-order valence-corrected chi connectivity index (χ1v) is 6.04. The number of nitrogens with zero attached hydrogens (tertiary/aromatic N) is 2. The van der Waals surface area contributed by atoms with Crippen LogP contribution in [0.1, 0.15) is 36.6 Å². The molecule has 2 N–H and O–H groups in total. The van der Waals surface area contributed by atoms with E-state index in [1.54, 1.807) is 0 Å². The summed E-state index contributed by atoms with van der Waals surface area (Å²) in [4.78, 5) is 7.01. The van der Waals surface area contributed by atoms with Crippen molar-refractivity contribution in [1.29, 1.82) is 0 Å². The number of hydrogen-bond donors (Lipinski definition) is 1. The molecule has 88 valence electrons. The maximum absolute atomic E-state index is 6.03. The molecule has 0 aromatic carbocycles. The van der Waals surface area contributed by atoms with Crippen LogP contribution >= 0.6 is 0 Å². The Kier molecular flexibility index (Phi) is 3.15. The van der Waals surface area contributed by atoms with Gasteiger partial charge in [0.1, 0.15) is 0 Å². The summed E-state index contributed by atoms with van der Waals surface area (Å²) in [5, 5.41) is 0. The molecule has 1 atom stereocenters. The first kappa shape index (κ1) is 11.4. The number of anilines is 1. The summed E-state index contributed by atoms with van der Waals surface area (Å²) in [6, 6.07) is 0.684. The van der Waals surface area contributed by atoms with Crippen molar-refractivity contribution in [3.63, 3.8) is 0 Å². The van der Waals surface area contributed by atoms with E-state index in [-0.39, 0.29) is 0 Å². The van der Waals surface area contributed by atoms with E-state index >= 15 is 0 Å². The van der Waals surface area contributed by atoms with Crippen LogP contribution in [0, 0.1) is 13.8 Å². The molecule has 1 saturated heterocycles. The molecule has 2 rings (SSSR count). The molecule has 0 radical (unpaired) electrons. The molecule has 1 unspecified atom stereocenters. The van der Waals surface area contributed by atoms with E-state index < -0.39 is 0 Å². The minimum absolute atomic E-state index is 0.684. The minimum atomic E-state index is 0.684. The zero-order valence-electron chi connectivity index (χ0n) is 10.5. The molecule has 1 aliphatic rings. The number of likely N-dealkylation sites (tertiary alicyclic amines) is 1. The predicted molar refractivity (Wildman–Crippen MR) is 67.2 cm³/mol. The van der Waals surface area contributed by atoms with Crippen LogP contribution in [0.4, 0.5) is 5.69 Å². The molecule has 0 aliphatic carbocycles. The molecule has 1 aromatic heterocycles. The second-order valence-electron chi connectivity index (χ2n) is 4.89. The van der Waals surface area contributed by atoms with Crippen LogP contribution in [0.25, 0.3) is 0 Å². The second kappa shape index (κ2) is 4.42. The maximum Gasteiger partial charge on any atom is 0.0593 e. The van der Waals surface area contributed by atoms with Gasteiger partial charge >= 0.3 is 0 Å². The summed E-state index contributed by atoms with van der Waals surface area (Å²) in [5.41, 5.74) is 10.3. The van der Waals surface area contributed by atoms with Crippen LogP contribution in [0.3, 0.4) is 0 Å². The Balaban J connectivity index is 2.18. The first-order valence-electron chi connectivity index (χ1n) is 6.04. The summed E-state index contributed by atoms with van der Waals surface area (Å²) in [7, 11) is 0. The van der Waals surface area contributed by atoms with Crippen molar-refractivity contribution in [2.24, 2.45) is 0 Å². The Morgan fingerprint density at radius 2 is 2.25 bits per heavy atom. The highest BCUT2D eigenvalue weighted by atomic mass is 15.2. The number of aromatic nitrogens is 1.